The van der Waals surface area contributed by atoms with E-state index in [0.717, 1.165) is 6.42 Å². The molecule has 2 N–H and O–H groups in total. The van der Waals surface area contributed by atoms with Crippen molar-refractivity contribution in [1.29, 1.82) is 0 Å². The third-order valence-electron chi connectivity index (χ3n) is 1.84. The largest absolute Gasteiger partial charge is 0.379 e. The van der Waals surface area contributed by atoms with Gasteiger partial charge in [-0.2, -0.15) is 0 Å². The quantitative estimate of drug-likeness (QED) is 0.670. The smallest absolute Gasteiger partial charge is 0.321 e. The van der Waals surface area contributed by atoms with Crippen molar-refractivity contribution in [3.8, 4) is 0 Å². The van der Waals surface area contributed by atoms with Crippen molar-refractivity contribution in [3.05, 3.63) is 0 Å². The van der Waals surface area contributed by atoms with E-state index < -0.39 is 6.03 Å². The lowest BCUT2D eigenvalue weighted by Gasteiger charge is -2.10. The van der Waals surface area contributed by atoms with Crippen molar-refractivity contribution in [2.45, 2.75) is 18.9 Å². The molecule has 0 spiro atoms. The molecule has 0 bridgehead atoms. The Bertz CT molecular complexity index is 217. The van der Waals surface area contributed by atoms with Gasteiger partial charge in [0.25, 0.3) is 0 Å². The van der Waals surface area contributed by atoms with Crippen LogP contribution in [-0.2, 0) is 9.53 Å². The van der Waals surface area contributed by atoms with Gasteiger partial charge in [0, 0.05) is 18.9 Å². The minimum absolute atomic E-state index is 0.0128. The van der Waals surface area contributed by atoms with Crippen molar-refractivity contribution >= 4 is 23.5 Å². The summed E-state index contributed by atoms with van der Waals surface area (Å²) in [6, 6.07) is -0.464. The highest BCUT2D eigenvalue weighted by Crippen LogP contribution is 2.02. The predicted molar refractivity (Wildman–Crippen MR) is 51.2 cm³/mol. The molecule has 1 saturated heterocycles. The van der Waals surface area contributed by atoms with Gasteiger partial charge in [0.05, 0.1) is 12.6 Å². The number of amides is 3. The number of rotatable bonds is 3. The summed E-state index contributed by atoms with van der Waals surface area (Å²) in [5.41, 5.74) is 0. The van der Waals surface area contributed by atoms with Crippen LogP contribution in [0, 0.1) is 0 Å². The van der Waals surface area contributed by atoms with Crippen LogP contribution < -0.4 is 10.6 Å². The molecule has 80 valence electrons. The summed E-state index contributed by atoms with van der Waals surface area (Å²) in [5.74, 6) is -0.150. The zero-order valence-corrected chi connectivity index (χ0v) is 8.47. The van der Waals surface area contributed by atoms with E-state index >= 15 is 0 Å². The summed E-state index contributed by atoms with van der Waals surface area (Å²) in [5, 5.41) is 4.81. The first kappa shape index (κ1) is 11.3. The maximum atomic E-state index is 11.1. The van der Waals surface area contributed by atoms with Crippen LogP contribution in [-0.4, -0.2) is 37.1 Å². The van der Waals surface area contributed by atoms with E-state index in [2.05, 4.69) is 10.6 Å². The summed E-state index contributed by atoms with van der Waals surface area (Å²) >= 11 is 5.34. The zero-order valence-electron chi connectivity index (χ0n) is 7.72. The molecule has 1 rings (SSSR count). The first-order valence-corrected chi connectivity index (χ1v) is 5.00. The van der Waals surface area contributed by atoms with Gasteiger partial charge in [0.15, 0.2) is 0 Å². The molecule has 1 aliphatic rings. The second-order valence-electron chi connectivity index (χ2n) is 3.02. The van der Waals surface area contributed by atoms with Gasteiger partial charge in [-0.1, -0.05) is 0 Å². The Morgan fingerprint density at radius 2 is 2.29 bits per heavy atom. The van der Waals surface area contributed by atoms with Crippen LogP contribution in [0.5, 0.6) is 0 Å². The van der Waals surface area contributed by atoms with Gasteiger partial charge in [-0.15, -0.1) is 11.6 Å². The molecule has 5 nitrogen and oxygen atoms in total. The van der Waals surface area contributed by atoms with Crippen LogP contribution in [0.15, 0.2) is 0 Å². The Balaban J connectivity index is 2.17. The van der Waals surface area contributed by atoms with Crippen LogP contribution in [0.25, 0.3) is 0 Å². The third-order valence-corrected chi connectivity index (χ3v) is 2.03. The fourth-order valence-electron chi connectivity index (χ4n) is 1.14. The number of alkyl halides is 1. The van der Waals surface area contributed by atoms with Crippen molar-refractivity contribution < 1.29 is 14.3 Å². The summed E-state index contributed by atoms with van der Waals surface area (Å²) in [4.78, 5) is 22.1. The van der Waals surface area contributed by atoms with Crippen LogP contribution in [0.2, 0.25) is 0 Å². The number of carbonyl (C=O) groups is 2. The first-order chi connectivity index (χ1) is 6.72. The molecule has 0 radical (unpaired) electrons. The van der Waals surface area contributed by atoms with Gasteiger partial charge in [0.2, 0.25) is 5.91 Å². The van der Waals surface area contributed by atoms with Gasteiger partial charge in [0.1, 0.15) is 0 Å². The van der Waals surface area contributed by atoms with Crippen molar-refractivity contribution in [2.75, 3.05) is 19.1 Å². The van der Waals surface area contributed by atoms with Crippen LogP contribution >= 0.6 is 11.6 Å². The molecule has 0 aromatic rings. The molecule has 1 aliphatic heterocycles. The van der Waals surface area contributed by atoms with E-state index in [-0.39, 0.29) is 24.2 Å². The second-order valence-corrected chi connectivity index (χ2v) is 3.40. The van der Waals surface area contributed by atoms with Gasteiger partial charge in [-0.25, -0.2) is 4.79 Å². The number of ether oxygens (including phenoxy) is 1. The highest BCUT2D eigenvalue weighted by Gasteiger charge is 2.18. The number of halogens is 1. The van der Waals surface area contributed by atoms with Crippen LogP contribution in [0.3, 0.4) is 0 Å². The first-order valence-electron chi connectivity index (χ1n) is 4.46. The average molecular weight is 221 g/mol. The lowest BCUT2D eigenvalue weighted by molar-refractivity contribution is -0.119. The van der Waals surface area contributed by atoms with Crippen molar-refractivity contribution in [1.82, 2.24) is 10.6 Å². The topological polar surface area (TPSA) is 67.4 Å². The molecule has 0 aromatic carbocycles. The van der Waals surface area contributed by atoms with Crippen molar-refractivity contribution in [2.24, 2.45) is 0 Å². The monoisotopic (exact) mass is 220 g/mol. The Morgan fingerprint density at radius 1 is 1.50 bits per heavy atom. The Labute approximate surface area is 87.1 Å². The minimum atomic E-state index is -0.476. The van der Waals surface area contributed by atoms with Crippen LogP contribution in [0.1, 0.15) is 12.8 Å². The molecule has 1 atom stereocenters. The molecule has 1 heterocycles. The molecule has 0 aliphatic carbocycles. The highest BCUT2D eigenvalue weighted by atomic mass is 35.5. The van der Waals surface area contributed by atoms with Gasteiger partial charge in [-0.05, 0) is 6.42 Å². The number of imide groups is 1. The van der Waals surface area contributed by atoms with Crippen LogP contribution in [0.4, 0.5) is 4.79 Å². The highest BCUT2D eigenvalue weighted by molar-refractivity contribution is 6.19. The lowest BCUT2D eigenvalue weighted by Crippen LogP contribution is -2.44. The Hall–Kier alpha value is -0.810. The van der Waals surface area contributed by atoms with E-state index in [0.29, 0.717) is 13.2 Å². The molecule has 0 saturated carbocycles. The van der Waals surface area contributed by atoms with E-state index in [1.165, 1.54) is 0 Å². The Morgan fingerprint density at radius 3 is 2.86 bits per heavy atom. The Kier molecular flexibility index (Phi) is 4.69. The fourth-order valence-corrected chi connectivity index (χ4v) is 1.32. The molecule has 1 unspecified atom stereocenters. The second kappa shape index (κ2) is 5.82. The van der Waals surface area contributed by atoms with Gasteiger partial charge in [-0.3, -0.25) is 10.1 Å². The predicted octanol–water partition coefficient (Wildman–Crippen LogP) is 0.230. The molecule has 1 fully saturated rings. The van der Waals surface area contributed by atoms with Gasteiger partial charge >= 0.3 is 6.03 Å². The number of urea groups is 1. The standard InChI is InChI=1S/C8H13ClN2O3/c9-3-1-7(12)11-8(13)10-6-2-4-14-5-6/h6H,1-5H2,(H2,10,11,12,13). The average Bonchev–Trinajstić information content (AvgIpc) is 2.56. The normalized spacial score (nSPS) is 20.5. The lowest BCUT2D eigenvalue weighted by atomic mass is 10.3. The minimum Gasteiger partial charge on any atom is -0.379 e. The summed E-state index contributed by atoms with van der Waals surface area (Å²) < 4.78 is 5.06. The molecular weight excluding hydrogens is 208 g/mol. The molecule has 6 heteroatoms. The summed E-state index contributed by atoms with van der Waals surface area (Å²) in [6.45, 7) is 1.16. The van der Waals surface area contributed by atoms with E-state index in [9.17, 15) is 9.59 Å². The maximum absolute atomic E-state index is 11.1. The van der Waals surface area contributed by atoms with E-state index in [1.807, 2.05) is 0 Å². The number of hydrogen-bond donors (Lipinski definition) is 2. The molecular formula is C8H13ClN2O3. The molecule has 0 aromatic heterocycles. The zero-order chi connectivity index (χ0) is 10.4. The van der Waals surface area contributed by atoms with Gasteiger partial charge < -0.3 is 10.1 Å². The summed E-state index contributed by atoms with van der Waals surface area (Å²) in [7, 11) is 0. The van der Waals surface area contributed by atoms with E-state index in [1.54, 1.807) is 0 Å². The molecule has 3 amide bonds. The number of hydrogen-bond acceptors (Lipinski definition) is 3. The third kappa shape index (κ3) is 3.93. The van der Waals surface area contributed by atoms with Crippen molar-refractivity contribution in [3.63, 3.8) is 0 Å². The number of nitrogens with one attached hydrogen (secondary N) is 2. The summed E-state index contributed by atoms with van der Waals surface area (Å²) in [6.07, 6.45) is 0.938. The number of carbonyl (C=O) groups excluding carboxylic acids is 2. The molecule has 14 heavy (non-hydrogen) atoms. The fraction of sp³-hybridized carbons (Fsp3) is 0.750. The SMILES string of the molecule is O=C(CCCl)NC(=O)NC1CCOC1. The van der Waals surface area contributed by atoms with E-state index in [4.69, 9.17) is 16.3 Å². The maximum Gasteiger partial charge on any atom is 0.321 e.